The molecule has 1 aromatic heterocycles. The van der Waals surface area contributed by atoms with Crippen LogP contribution in [0.5, 0.6) is 0 Å². The number of esters is 1. The number of aliphatic carboxylic acids is 1. The number of ether oxygens (including phenoxy) is 1. The van der Waals surface area contributed by atoms with Gasteiger partial charge in [0, 0.05) is 25.6 Å². The summed E-state index contributed by atoms with van der Waals surface area (Å²) in [6, 6.07) is -0.907. The summed E-state index contributed by atoms with van der Waals surface area (Å²) < 4.78 is 10.0. The molecule has 11 nitrogen and oxygen atoms in total. The minimum Gasteiger partial charge on any atom is -0.481 e. The number of rotatable bonds is 6. The number of carbonyl (C=O) groups is 4. The summed E-state index contributed by atoms with van der Waals surface area (Å²) in [5.41, 5.74) is -1.39. The van der Waals surface area contributed by atoms with Gasteiger partial charge in [-0.1, -0.05) is 12.1 Å². The molecule has 0 bridgehead atoms. The molecule has 28 heavy (non-hydrogen) atoms. The van der Waals surface area contributed by atoms with Gasteiger partial charge < -0.3 is 19.3 Å². The summed E-state index contributed by atoms with van der Waals surface area (Å²) in [6.07, 6.45) is 0.133. The van der Waals surface area contributed by atoms with Crippen LogP contribution in [0.2, 0.25) is 0 Å². The van der Waals surface area contributed by atoms with E-state index in [2.05, 4.69) is 10.1 Å². The average molecular weight is 412 g/mol. The van der Waals surface area contributed by atoms with Gasteiger partial charge in [-0.25, -0.2) is 4.90 Å². The van der Waals surface area contributed by atoms with Gasteiger partial charge in [0.1, 0.15) is 23.4 Å². The molecule has 1 N–H and O–H groups in total. The number of carboxylic acids is 1. The molecule has 0 saturated carbocycles. The van der Waals surface area contributed by atoms with Crippen LogP contribution in [0.4, 0.5) is 6.01 Å². The number of thioether (sulfide) groups is 1. The van der Waals surface area contributed by atoms with Gasteiger partial charge in [0.05, 0.1) is 0 Å². The van der Waals surface area contributed by atoms with Crippen LogP contribution in [-0.4, -0.2) is 74.2 Å². The number of β-lactam (4-membered cyclic amide) rings is 1. The first-order chi connectivity index (χ1) is 13.2. The van der Waals surface area contributed by atoms with E-state index in [1.54, 1.807) is 13.8 Å². The molecule has 2 saturated heterocycles. The Labute approximate surface area is 164 Å². The smallest absolute Gasteiger partial charge is 0.331 e. The Bertz CT molecular complexity index is 828. The van der Waals surface area contributed by atoms with Crippen LogP contribution in [0, 0.1) is 12.3 Å². The van der Waals surface area contributed by atoms with Gasteiger partial charge in [0.15, 0.2) is 5.82 Å². The van der Waals surface area contributed by atoms with Crippen molar-refractivity contribution in [2.75, 3.05) is 23.8 Å². The highest BCUT2D eigenvalue weighted by atomic mass is 32.2. The number of carbonyl (C=O) groups excluding carboxylic acids is 3. The largest absolute Gasteiger partial charge is 0.481 e. The third-order valence-corrected chi connectivity index (χ3v) is 6.27. The Kier molecular flexibility index (Phi) is 5.33. The zero-order chi connectivity index (χ0) is 20.6. The molecule has 0 spiro atoms. The van der Waals surface area contributed by atoms with E-state index < -0.39 is 34.7 Å². The van der Waals surface area contributed by atoms with Crippen LogP contribution in [0.25, 0.3) is 0 Å². The van der Waals surface area contributed by atoms with Crippen LogP contribution in [0.1, 0.15) is 26.1 Å². The van der Waals surface area contributed by atoms with Gasteiger partial charge in [-0.15, -0.1) is 11.8 Å². The van der Waals surface area contributed by atoms with E-state index in [0.717, 1.165) is 0 Å². The zero-order valence-corrected chi connectivity index (χ0v) is 16.4. The number of amides is 2. The Morgan fingerprint density at radius 2 is 2.18 bits per heavy atom. The van der Waals surface area contributed by atoms with Crippen molar-refractivity contribution in [2.24, 2.45) is 5.41 Å². The van der Waals surface area contributed by atoms with Crippen molar-refractivity contribution in [3.8, 4) is 0 Å². The van der Waals surface area contributed by atoms with E-state index in [1.165, 1.54) is 28.5 Å². The van der Waals surface area contributed by atoms with Gasteiger partial charge >= 0.3 is 18.0 Å². The lowest BCUT2D eigenvalue weighted by atomic mass is 9.87. The van der Waals surface area contributed by atoms with E-state index >= 15 is 0 Å². The first kappa shape index (κ1) is 20.1. The van der Waals surface area contributed by atoms with Crippen LogP contribution >= 0.6 is 11.8 Å². The number of nitrogens with zero attached hydrogens (tertiary/aromatic N) is 4. The minimum atomic E-state index is -1.39. The van der Waals surface area contributed by atoms with E-state index in [-0.39, 0.29) is 37.2 Å². The molecule has 2 unspecified atom stereocenters. The number of aromatic nitrogens is 2. The number of hydrogen-bond donors (Lipinski definition) is 1. The van der Waals surface area contributed by atoms with Crippen molar-refractivity contribution in [1.82, 2.24) is 15.0 Å². The zero-order valence-electron chi connectivity index (χ0n) is 15.6. The van der Waals surface area contributed by atoms with E-state index in [0.29, 0.717) is 5.82 Å². The molecular formula is C16H20N4O7S. The monoisotopic (exact) mass is 412 g/mol. The lowest BCUT2D eigenvalue weighted by Gasteiger charge is -2.55. The molecule has 0 aromatic carbocycles. The Balaban J connectivity index is 1.82. The fourth-order valence-electron chi connectivity index (χ4n) is 3.16. The summed E-state index contributed by atoms with van der Waals surface area (Å²) in [5, 5.41) is 12.9. The van der Waals surface area contributed by atoms with Gasteiger partial charge in [-0.3, -0.25) is 19.2 Å². The summed E-state index contributed by atoms with van der Waals surface area (Å²) >= 11 is 1.22. The highest BCUT2D eigenvalue weighted by Crippen LogP contribution is 2.45. The van der Waals surface area contributed by atoms with Crippen molar-refractivity contribution in [1.29, 1.82) is 0 Å². The molecule has 3 heterocycles. The van der Waals surface area contributed by atoms with Crippen LogP contribution in [-0.2, 0) is 23.9 Å². The molecule has 0 aliphatic carbocycles. The van der Waals surface area contributed by atoms with Crippen molar-refractivity contribution >= 4 is 41.5 Å². The lowest BCUT2D eigenvalue weighted by Crippen LogP contribution is -2.75. The third kappa shape index (κ3) is 3.32. The average Bonchev–Trinajstić information content (AvgIpc) is 3.09. The number of anilines is 1. The predicted octanol–water partition coefficient (Wildman–Crippen LogP) is 0.0388. The summed E-state index contributed by atoms with van der Waals surface area (Å²) in [4.78, 5) is 54.8. The Hall–Kier alpha value is -2.63. The second kappa shape index (κ2) is 7.41. The molecule has 1 aromatic rings. The number of aryl methyl sites for hydroxylation is 1. The quantitative estimate of drug-likeness (QED) is 0.502. The first-order valence-electron chi connectivity index (χ1n) is 8.61. The molecular weight excluding hydrogens is 392 g/mol. The maximum absolute atomic E-state index is 12.8. The summed E-state index contributed by atoms with van der Waals surface area (Å²) in [7, 11) is 0. The highest BCUT2D eigenvalue weighted by molar-refractivity contribution is 8.00. The van der Waals surface area contributed by atoms with Crippen molar-refractivity contribution < 1.29 is 33.5 Å². The maximum atomic E-state index is 12.8. The predicted molar refractivity (Wildman–Crippen MR) is 95.3 cm³/mol. The fraction of sp³-hybridized carbons (Fsp3) is 0.625. The SMILES string of the molecule is CCC(=O)N(c1nc(C)no1)C1C(=O)N2CC(COC(C)=O)(C(=O)O)CS[C@H]12. The molecule has 152 valence electrons. The minimum absolute atomic E-state index is 0.0575. The second-order valence-electron chi connectivity index (χ2n) is 6.72. The van der Waals surface area contributed by atoms with Gasteiger partial charge in [0.25, 0.3) is 0 Å². The van der Waals surface area contributed by atoms with Crippen molar-refractivity contribution in [2.45, 2.75) is 38.6 Å². The Morgan fingerprint density at radius 1 is 1.46 bits per heavy atom. The molecule has 3 rings (SSSR count). The van der Waals surface area contributed by atoms with E-state index in [4.69, 9.17) is 9.26 Å². The van der Waals surface area contributed by atoms with E-state index in [9.17, 15) is 24.3 Å². The van der Waals surface area contributed by atoms with Gasteiger partial charge in [-0.2, -0.15) is 4.98 Å². The van der Waals surface area contributed by atoms with Crippen molar-refractivity contribution in [3.05, 3.63) is 5.82 Å². The molecule has 0 radical (unpaired) electrons. The fourth-order valence-corrected chi connectivity index (χ4v) is 4.73. The molecule has 12 heteroatoms. The molecule has 3 atom stereocenters. The van der Waals surface area contributed by atoms with Gasteiger partial charge in [-0.05, 0) is 6.92 Å². The normalized spacial score (nSPS) is 26.2. The summed E-state index contributed by atoms with van der Waals surface area (Å²) in [6.45, 7) is 4.01. The molecule has 2 aliphatic rings. The van der Waals surface area contributed by atoms with Crippen LogP contribution < -0.4 is 4.90 Å². The molecule has 2 fully saturated rings. The standard InChI is InChI=1S/C16H20N4O7S/c1-4-10(22)20(15-17-8(2)18-27-15)11-12(23)19-5-16(14(24)25,6-26-9(3)21)7-28-13(11)19/h11,13H,4-7H2,1-3H3,(H,24,25)/t11?,13-,16?/m1/s1. The second-order valence-corrected chi connectivity index (χ2v) is 7.82. The lowest BCUT2D eigenvalue weighted by molar-refractivity contribution is -0.164. The maximum Gasteiger partial charge on any atom is 0.331 e. The highest BCUT2D eigenvalue weighted by Gasteiger charge is 2.60. The van der Waals surface area contributed by atoms with Crippen LogP contribution in [0.3, 0.4) is 0 Å². The molecule has 2 aliphatic heterocycles. The third-order valence-electron chi connectivity index (χ3n) is 4.69. The summed E-state index contributed by atoms with van der Waals surface area (Å²) in [5.74, 6) is -2.05. The Morgan fingerprint density at radius 3 is 2.71 bits per heavy atom. The van der Waals surface area contributed by atoms with Crippen LogP contribution in [0.15, 0.2) is 4.52 Å². The number of hydrogen-bond acceptors (Lipinski definition) is 9. The number of carboxylic acid groups (broad SMARTS) is 1. The first-order valence-corrected chi connectivity index (χ1v) is 9.66. The van der Waals surface area contributed by atoms with Crippen molar-refractivity contribution in [3.63, 3.8) is 0 Å². The molecule has 2 amide bonds. The topological polar surface area (TPSA) is 143 Å². The number of fused-ring (bicyclic) bond motifs is 1. The van der Waals surface area contributed by atoms with Gasteiger partial charge in [0.2, 0.25) is 11.8 Å². The van der Waals surface area contributed by atoms with E-state index in [1.807, 2.05) is 0 Å².